The van der Waals surface area contributed by atoms with E-state index < -0.39 is 6.10 Å². The third-order valence-corrected chi connectivity index (χ3v) is 11.6. The molecule has 0 aromatic heterocycles. The highest BCUT2D eigenvalue weighted by molar-refractivity contribution is 5.71. The van der Waals surface area contributed by atoms with Crippen molar-refractivity contribution in [2.75, 3.05) is 13.2 Å². The molecule has 0 saturated heterocycles. The molecule has 0 N–H and O–H groups in total. The van der Waals surface area contributed by atoms with E-state index in [1.807, 2.05) is 0 Å². The van der Waals surface area contributed by atoms with Gasteiger partial charge in [-0.05, 0) is 57.8 Å². The van der Waals surface area contributed by atoms with Gasteiger partial charge in [0.1, 0.15) is 13.2 Å². The maximum absolute atomic E-state index is 12.7. The van der Waals surface area contributed by atoms with Crippen molar-refractivity contribution < 1.29 is 28.6 Å². The van der Waals surface area contributed by atoms with Gasteiger partial charge in [0.2, 0.25) is 0 Å². The summed E-state index contributed by atoms with van der Waals surface area (Å²) < 4.78 is 16.7. The summed E-state index contributed by atoms with van der Waals surface area (Å²) >= 11 is 0. The van der Waals surface area contributed by atoms with Crippen LogP contribution in [0.5, 0.6) is 0 Å². The first kappa shape index (κ1) is 59.4. The van der Waals surface area contributed by atoms with Crippen molar-refractivity contribution in [3.8, 4) is 0 Å². The molecule has 0 amide bonds. The van der Waals surface area contributed by atoms with E-state index in [2.05, 4.69) is 69.4 Å². The number of carbonyl (C=O) groups excluding carboxylic acids is 3. The number of hydrogen-bond acceptors (Lipinski definition) is 6. The molecule has 62 heavy (non-hydrogen) atoms. The van der Waals surface area contributed by atoms with Crippen LogP contribution in [0.2, 0.25) is 0 Å². The first-order valence-electron chi connectivity index (χ1n) is 26.6. The van der Waals surface area contributed by atoms with Gasteiger partial charge in [0.25, 0.3) is 0 Å². The summed E-state index contributed by atoms with van der Waals surface area (Å²) in [5.74, 6) is -0.872. The van der Waals surface area contributed by atoms with Crippen molar-refractivity contribution in [3.63, 3.8) is 0 Å². The smallest absolute Gasteiger partial charge is 0.306 e. The first-order chi connectivity index (χ1) is 30.5. The molecule has 1 unspecified atom stereocenters. The Hall–Kier alpha value is -2.63. The topological polar surface area (TPSA) is 78.9 Å². The number of unbranched alkanes of at least 4 members (excludes halogenated alkanes) is 29. The van der Waals surface area contributed by atoms with Crippen LogP contribution in [0.15, 0.2) is 48.6 Å². The zero-order valence-corrected chi connectivity index (χ0v) is 41.1. The van der Waals surface area contributed by atoms with E-state index in [1.54, 1.807) is 0 Å². The molecule has 0 saturated carbocycles. The van der Waals surface area contributed by atoms with Gasteiger partial charge in [-0.3, -0.25) is 14.4 Å². The molecular weight excluding hydrogens is 769 g/mol. The van der Waals surface area contributed by atoms with Crippen LogP contribution in [0.3, 0.4) is 0 Å². The third-order valence-electron chi connectivity index (χ3n) is 11.6. The van der Waals surface area contributed by atoms with Crippen molar-refractivity contribution in [3.05, 3.63) is 48.6 Å². The van der Waals surface area contributed by atoms with E-state index in [1.165, 1.54) is 148 Å². The standard InChI is InChI=1S/C56H100O6/c1-4-7-10-13-16-18-20-21-22-23-24-25-26-27-28-29-30-31-32-33-34-35-37-38-40-43-46-49-55(58)61-52-53(51-60-54(57)48-45-42-15-12-9-6-3)62-56(59)50-47-44-41-39-36-19-17-14-11-8-5-2/h7,10,16,18,21-22,24-25,53H,4-6,8-9,11-15,17,19-20,23,26-52H2,1-3H3/b10-7-,18-16-,22-21-,25-24-. The number of hydrogen-bond donors (Lipinski definition) is 0. The fourth-order valence-corrected chi connectivity index (χ4v) is 7.61. The Balaban J connectivity index is 4.02. The number of ether oxygens (including phenoxy) is 3. The summed E-state index contributed by atoms with van der Waals surface area (Å²) in [6.07, 6.45) is 61.4. The van der Waals surface area contributed by atoms with Crippen LogP contribution in [0, 0.1) is 0 Å². The minimum Gasteiger partial charge on any atom is -0.462 e. The second-order valence-electron chi connectivity index (χ2n) is 17.8. The minimum atomic E-state index is -0.764. The lowest BCUT2D eigenvalue weighted by atomic mass is 10.0. The van der Waals surface area contributed by atoms with Crippen molar-refractivity contribution in [1.82, 2.24) is 0 Å². The Morgan fingerprint density at radius 3 is 0.984 bits per heavy atom. The largest absolute Gasteiger partial charge is 0.462 e. The fourth-order valence-electron chi connectivity index (χ4n) is 7.61. The van der Waals surface area contributed by atoms with Gasteiger partial charge in [-0.2, -0.15) is 0 Å². The number of carbonyl (C=O) groups is 3. The van der Waals surface area contributed by atoms with Crippen LogP contribution in [-0.2, 0) is 28.6 Å². The predicted octanol–water partition coefficient (Wildman–Crippen LogP) is 17.5. The molecule has 0 aromatic rings. The summed E-state index contributed by atoms with van der Waals surface area (Å²) in [5.41, 5.74) is 0. The summed E-state index contributed by atoms with van der Waals surface area (Å²) in [6, 6.07) is 0. The molecule has 0 aliphatic carbocycles. The Morgan fingerprint density at radius 1 is 0.339 bits per heavy atom. The normalized spacial score (nSPS) is 12.4. The molecule has 0 bridgehead atoms. The van der Waals surface area contributed by atoms with Crippen molar-refractivity contribution in [2.45, 2.75) is 277 Å². The van der Waals surface area contributed by atoms with Crippen LogP contribution in [-0.4, -0.2) is 37.2 Å². The van der Waals surface area contributed by atoms with Gasteiger partial charge >= 0.3 is 17.9 Å². The van der Waals surface area contributed by atoms with E-state index in [9.17, 15) is 14.4 Å². The van der Waals surface area contributed by atoms with Gasteiger partial charge in [-0.15, -0.1) is 0 Å². The van der Waals surface area contributed by atoms with E-state index in [0.29, 0.717) is 19.3 Å². The average Bonchev–Trinajstić information content (AvgIpc) is 3.27. The molecule has 0 aliphatic rings. The Kier molecular flexibility index (Phi) is 48.8. The summed E-state index contributed by atoms with van der Waals surface area (Å²) in [7, 11) is 0. The fraction of sp³-hybridized carbons (Fsp3) is 0.804. The van der Waals surface area contributed by atoms with Crippen LogP contribution < -0.4 is 0 Å². The van der Waals surface area contributed by atoms with Crippen LogP contribution in [0.25, 0.3) is 0 Å². The molecule has 6 nitrogen and oxygen atoms in total. The molecule has 0 fully saturated rings. The molecule has 360 valence electrons. The molecule has 0 aliphatic heterocycles. The molecule has 0 aromatic carbocycles. The molecule has 0 heterocycles. The zero-order valence-electron chi connectivity index (χ0n) is 41.1. The maximum Gasteiger partial charge on any atom is 0.306 e. The third kappa shape index (κ3) is 48.4. The monoisotopic (exact) mass is 869 g/mol. The molecular formula is C56H100O6. The van der Waals surface area contributed by atoms with Gasteiger partial charge in [-0.25, -0.2) is 0 Å². The minimum absolute atomic E-state index is 0.0696. The molecule has 6 heteroatoms. The number of rotatable bonds is 48. The SMILES string of the molecule is CC/C=C\C/C=C\C/C=C\C/C=C\CCCCCCCCCCCCCCCCC(=O)OCC(COC(=O)CCCCCCCC)OC(=O)CCCCCCCCCCCCC. The zero-order chi connectivity index (χ0) is 45.1. The van der Waals surface area contributed by atoms with E-state index in [0.717, 1.165) is 83.5 Å². The predicted molar refractivity (Wildman–Crippen MR) is 265 cm³/mol. The Bertz CT molecular complexity index is 1090. The highest BCUT2D eigenvalue weighted by Gasteiger charge is 2.19. The van der Waals surface area contributed by atoms with E-state index >= 15 is 0 Å². The van der Waals surface area contributed by atoms with Crippen molar-refractivity contribution >= 4 is 17.9 Å². The summed E-state index contributed by atoms with van der Waals surface area (Å²) in [5, 5.41) is 0. The van der Waals surface area contributed by atoms with Crippen molar-refractivity contribution in [1.29, 1.82) is 0 Å². The lowest BCUT2D eigenvalue weighted by molar-refractivity contribution is -0.167. The lowest BCUT2D eigenvalue weighted by Crippen LogP contribution is -2.30. The second-order valence-corrected chi connectivity index (χ2v) is 17.8. The highest BCUT2D eigenvalue weighted by atomic mass is 16.6. The maximum atomic E-state index is 12.7. The Morgan fingerprint density at radius 2 is 0.629 bits per heavy atom. The molecule has 1 atom stereocenters. The lowest BCUT2D eigenvalue weighted by Gasteiger charge is -2.18. The van der Waals surface area contributed by atoms with Gasteiger partial charge in [0.05, 0.1) is 0 Å². The van der Waals surface area contributed by atoms with Gasteiger partial charge in [-0.1, -0.05) is 243 Å². The summed E-state index contributed by atoms with van der Waals surface area (Å²) in [6.45, 7) is 6.47. The average molecular weight is 869 g/mol. The Labute approximate surface area is 384 Å². The van der Waals surface area contributed by atoms with E-state index in [4.69, 9.17) is 14.2 Å². The van der Waals surface area contributed by atoms with Crippen LogP contribution >= 0.6 is 0 Å². The van der Waals surface area contributed by atoms with Gasteiger partial charge < -0.3 is 14.2 Å². The van der Waals surface area contributed by atoms with Crippen molar-refractivity contribution in [2.24, 2.45) is 0 Å². The number of allylic oxidation sites excluding steroid dienone is 8. The summed E-state index contributed by atoms with van der Waals surface area (Å²) in [4.78, 5) is 37.7. The number of esters is 3. The molecule has 0 spiro atoms. The quantitative estimate of drug-likeness (QED) is 0.0262. The van der Waals surface area contributed by atoms with Gasteiger partial charge in [0.15, 0.2) is 6.10 Å². The van der Waals surface area contributed by atoms with Crippen LogP contribution in [0.4, 0.5) is 0 Å². The van der Waals surface area contributed by atoms with E-state index in [-0.39, 0.29) is 31.1 Å². The van der Waals surface area contributed by atoms with Crippen LogP contribution in [0.1, 0.15) is 271 Å². The van der Waals surface area contributed by atoms with Gasteiger partial charge in [0, 0.05) is 19.3 Å². The molecule has 0 rings (SSSR count). The first-order valence-corrected chi connectivity index (χ1v) is 26.6. The highest BCUT2D eigenvalue weighted by Crippen LogP contribution is 2.16. The molecule has 0 radical (unpaired) electrons. The second kappa shape index (κ2) is 51.0.